The summed E-state index contributed by atoms with van der Waals surface area (Å²) in [6.07, 6.45) is -0.482. The number of rotatable bonds is 4. The lowest BCUT2D eigenvalue weighted by Gasteiger charge is -2.16. The van der Waals surface area contributed by atoms with Gasteiger partial charge >= 0.3 is 5.97 Å². The summed E-state index contributed by atoms with van der Waals surface area (Å²) in [5.41, 5.74) is 0.908. The monoisotopic (exact) mass is 241 g/mol. The van der Waals surface area contributed by atoms with Gasteiger partial charge in [0.15, 0.2) is 0 Å². The maximum absolute atomic E-state index is 11.3. The molecular formula is C11H12ClNO3. The van der Waals surface area contributed by atoms with Gasteiger partial charge in [0.1, 0.15) is 6.42 Å². The summed E-state index contributed by atoms with van der Waals surface area (Å²) in [7, 11) is 1.57. The Kier molecular flexibility index (Phi) is 4.31. The average molecular weight is 242 g/mol. The van der Waals surface area contributed by atoms with Crippen molar-refractivity contribution in [2.45, 2.75) is 13.0 Å². The fraction of sp³-hybridized carbons (Fsp3) is 0.273. The summed E-state index contributed by atoms with van der Waals surface area (Å²) in [5.74, 6) is -1.53. The van der Waals surface area contributed by atoms with E-state index in [0.29, 0.717) is 11.6 Å². The van der Waals surface area contributed by atoms with Crippen molar-refractivity contribution in [3.63, 3.8) is 0 Å². The summed E-state index contributed by atoms with van der Waals surface area (Å²) in [6, 6.07) is 7.05. The lowest BCUT2D eigenvalue weighted by molar-refractivity contribution is -0.143. The van der Waals surface area contributed by atoms with Crippen LogP contribution in [0.25, 0.3) is 0 Å². The Labute approximate surface area is 98.4 Å². The highest BCUT2D eigenvalue weighted by atomic mass is 35.5. The highest BCUT2D eigenvalue weighted by molar-refractivity contribution is 6.30. The fourth-order valence-corrected chi connectivity index (χ4v) is 1.34. The molecular weight excluding hydrogens is 230 g/mol. The maximum Gasteiger partial charge on any atom is 0.312 e. The Balaban J connectivity index is 2.57. The highest BCUT2D eigenvalue weighted by Gasteiger charge is 2.12. The molecule has 5 heteroatoms. The third-order valence-corrected chi connectivity index (χ3v) is 2.31. The minimum absolute atomic E-state index is 0.378. The topological polar surface area (TPSA) is 57.6 Å². The minimum atomic E-state index is -1.12. The van der Waals surface area contributed by atoms with Crippen LogP contribution in [-0.4, -0.2) is 28.9 Å². The standard InChI is InChI=1S/C11H12ClNO3/c1-13(10(14)6-11(15)16)7-8-2-4-9(12)5-3-8/h2-5H,6-7H2,1H3,(H,15,16). The van der Waals surface area contributed by atoms with Crippen LogP contribution < -0.4 is 0 Å². The predicted molar refractivity (Wildman–Crippen MR) is 60.2 cm³/mol. The number of benzene rings is 1. The van der Waals surface area contributed by atoms with E-state index in [9.17, 15) is 9.59 Å². The smallest absolute Gasteiger partial charge is 0.312 e. The zero-order valence-corrected chi connectivity index (χ0v) is 9.57. The van der Waals surface area contributed by atoms with Crippen molar-refractivity contribution in [2.24, 2.45) is 0 Å². The first-order chi connectivity index (χ1) is 7.49. The van der Waals surface area contributed by atoms with Crippen LogP contribution in [0.15, 0.2) is 24.3 Å². The van der Waals surface area contributed by atoms with Crippen LogP contribution in [0.1, 0.15) is 12.0 Å². The van der Waals surface area contributed by atoms with E-state index in [-0.39, 0.29) is 0 Å². The highest BCUT2D eigenvalue weighted by Crippen LogP contribution is 2.11. The quantitative estimate of drug-likeness (QED) is 0.818. The fourth-order valence-electron chi connectivity index (χ4n) is 1.22. The molecule has 0 spiro atoms. The van der Waals surface area contributed by atoms with E-state index >= 15 is 0 Å². The molecule has 0 radical (unpaired) electrons. The molecule has 0 bridgehead atoms. The van der Waals surface area contributed by atoms with Gasteiger partial charge in [0.25, 0.3) is 0 Å². The van der Waals surface area contributed by atoms with E-state index < -0.39 is 18.3 Å². The normalized spacial score (nSPS) is 9.88. The largest absolute Gasteiger partial charge is 0.481 e. The van der Waals surface area contributed by atoms with Crippen molar-refractivity contribution in [1.82, 2.24) is 4.90 Å². The molecule has 0 unspecified atom stereocenters. The van der Waals surface area contributed by atoms with Gasteiger partial charge in [0.05, 0.1) is 0 Å². The van der Waals surface area contributed by atoms with Crippen molar-refractivity contribution in [2.75, 3.05) is 7.05 Å². The van der Waals surface area contributed by atoms with Gasteiger partial charge in [-0.05, 0) is 17.7 Å². The molecule has 0 aliphatic rings. The second kappa shape index (κ2) is 5.51. The molecule has 1 aromatic rings. The van der Waals surface area contributed by atoms with Gasteiger partial charge in [-0.1, -0.05) is 23.7 Å². The zero-order valence-electron chi connectivity index (χ0n) is 8.81. The van der Waals surface area contributed by atoms with Crippen molar-refractivity contribution >= 4 is 23.5 Å². The molecule has 1 amide bonds. The van der Waals surface area contributed by atoms with Crippen molar-refractivity contribution < 1.29 is 14.7 Å². The van der Waals surface area contributed by atoms with Crippen molar-refractivity contribution in [3.05, 3.63) is 34.9 Å². The van der Waals surface area contributed by atoms with E-state index in [1.807, 2.05) is 0 Å². The Morgan fingerprint density at radius 1 is 1.31 bits per heavy atom. The second-order valence-electron chi connectivity index (χ2n) is 3.45. The van der Waals surface area contributed by atoms with Crippen LogP contribution >= 0.6 is 11.6 Å². The Hall–Kier alpha value is -1.55. The van der Waals surface area contributed by atoms with E-state index in [0.717, 1.165) is 5.56 Å². The first kappa shape index (κ1) is 12.5. The molecule has 0 aromatic heterocycles. The molecule has 0 atom stereocenters. The summed E-state index contributed by atoms with van der Waals surface area (Å²) < 4.78 is 0. The molecule has 86 valence electrons. The molecule has 0 heterocycles. The SMILES string of the molecule is CN(Cc1ccc(Cl)cc1)C(=O)CC(=O)O. The number of hydrogen-bond donors (Lipinski definition) is 1. The predicted octanol–water partition coefficient (Wildman–Crippen LogP) is 1.77. The molecule has 0 aliphatic carbocycles. The van der Waals surface area contributed by atoms with E-state index in [2.05, 4.69) is 0 Å². The average Bonchev–Trinajstić information content (AvgIpc) is 2.20. The molecule has 1 aromatic carbocycles. The summed E-state index contributed by atoms with van der Waals surface area (Å²) in [4.78, 5) is 23.1. The lowest BCUT2D eigenvalue weighted by atomic mass is 10.2. The second-order valence-corrected chi connectivity index (χ2v) is 3.88. The summed E-state index contributed by atoms with van der Waals surface area (Å²) in [6.45, 7) is 0.378. The van der Waals surface area contributed by atoms with Gasteiger partial charge in [0, 0.05) is 18.6 Å². The van der Waals surface area contributed by atoms with E-state index in [1.165, 1.54) is 4.90 Å². The number of amides is 1. The number of hydrogen-bond acceptors (Lipinski definition) is 2. The maximum atomic E-state index is 11.3. The number of carboxylic acid groups (broad SMARTS) is 1. The van der Waals surface area contributed by atoms with Crippen molar-refractivity contribution in [1.29, 1.82) is 0 Å². The Morgan fingerprint density at radius 3 is 2.38 bits per heavy atom. The van der Waals surface area contributed by atoms with Gasteiger partial charge in [0.2, 0.25) is 5.91 Å². The molecule has 0 saturated carbocycles. The van der Waals surface area contributed by atoms with E-state index in [1.54, 1.807) is 31.3 Å². The number of carboxylic acids is 1. The minimum Gasteiger partial charge on any atom is -0.481 e. The van der Waals surface area contributed by atoms with Crippen LogP contribution in [0.2, 0.25) is 5.02 Å². The molecule has 0 fully saturated rings. The molecule has 0 aliphatic heterocycles. The number of aliphatic carboxylic acids is 1. The van der Waals surface area contributed by atoms with Crippen LogP contribution in [0.3, 0.4) is 0 Å². The van der Waals surface area contributed by atoms with Crippen molar-refractivity contribution in [3.8, 4) is 0 Å². The third-order valence-electron chi connectivity index (χ3n) is 2.06. The Bertz CT molecular complexity index is 389. The molecule has 1 rings (SSSR count). The number of carbonyl (C=O) groups is 2. The van der Waals surface area contributed by atoms with Gasteiger partial charge in [-0.3, -0.25) is 9.59 Å². The van der Waals surface area contributed by atoms with E-state index in [4.69, 9.17) is 16.7 Å². The lowest BCUT2D eigenvalue weighted by Crippen LogP contribution is -2.27. The molecule has 0 saturated heterocycles. The molecule has 1 N–H and O–H groups in total. The first-order valence-corrected chi connectivity index (χ1v) is 5.07. The van der Waals surface area contributed by atoms with Crippen LogP contribution in [0.4, 0.5) is 0 Å². The van der Waals surface area contributed by atoms with Gasteiger partial charge in [-0.15, -0.1) is 0 Å². The zero-order chi connectivity index (χ0) is 12.1. The third kappa shape index (κ3) is 3.90. The number of nitrogens with zero attached hydrogens (tertiary/aromatic N) is 1. The summed E-state index contributed by atoms with van der Waals surface area (Å²) in [5, 5.41) is 9.10. The molecule has 4 nitrogen and oxygen atoms in total. The van der Waals surface area contributed by atoms with Gasteiger partial charge in [-0.25, -0.2) is 0 Å². The van der Waals surface area contributed by atoms with Gasteiger partial charge in [-0.2, -0.15) is 0 Å². The number of halogens is 1. The van der Waals surface area contributed by atoms with Crippen LogP contribution in [0.5, 0.6) is 0 Å². The van der Waals surface area contributed by atoms with Crippen LogP contribution in [0, 0.1) is 0 Å². The van der Waals surface area contributed by atoms with Gasteiger partial charge < -0.3 is 10.0 Å². The van der Waals surface area contributed by atoms with Crippen LogP contribution in [-0.2, 0) is 16.1 Å². The summed E-state index contributed by atoms with van der Waals surface area (Å²) >= 11 is 5.72. The molecule has 16 heavy (non-hydrogen) atoms. The number of carbonyl (C=O) groups excluding carboxylic acids is 1. The first-order valence-electron chi connectivity index (χ1n) is 4.69. The Morgan fingerprint density at radius 2 is 1.88 bits per heavy atom.